The van der Waals surface area contributed by atoms with E-state index in [1.165, 1.54) is 26.4 Å². The third kappa shape index (κ3) is 9.04. The first-order chi connectivity index (χ1) is 23.2. The average molecular weight is 681 g/mol. The number of amides is 2. The zero-order valence-corrected chi connectivity index (χ0v) is 27.9. The highest BCUT2D eigenvalue weighted by molar-refractivity contribution is 5.93. The predicted octanol–water partition coefficient (Wildman–Crippen LogP) is 7.74. The Morgan fingerprint density at radius 2 is 1.63 bits per heavy atom. The van der Waals surface area contributed by atoms with E-state index in [1.54, 1.807) is 74.3 Å². The fraction of sp³-hybridized carbons (Fsp3) is 0.361. The maximum Gasteiger partial charge on any atom is 0.418 e. The Hall–Kier alpha value is -5.20. The molecule has 1 saturated heterocycles. The number of halogens is 3. The maximum atomic E-state index is 14.2. The largest absolute Gasteiger partial charge is 0.493 e. The number of nitrogens with zero attached hydrogens (tertiary/aromatic N) is 2. The van der Waals surface area contributed by atoms with Crippen LogP contribution in [-0.2, 0) is 22.1 Å². The van der Waals surface area contributed by atoms with Gasteiger partial charge in [0.25, 0.3) is 0 Å². The van der Waals surface area contributed by atoms with Gasteiger partial charge in [-0.2, -0.15) is 13.2 Å². The molecule has 10 nitrogen and oxygen atoms in total. The zero-order valence-electron chi connectivity index (χ0n) is 27.9. The van der Waals surface area contributed by atoms with Crippen LogP contribution in [-0.4, -0.2) is 55.9 Å². The molecule has 1 aromatic heterocycles. The molecular weight excluding hydrogens is 641 g/mol. The topological polar surface area (TPSA) is 111 Å². The molecule has 1 aliphatic rings. The Morgan fingerprint density at radius 3 is 2.31 bits per heavy atom. The molecule has 1 aliphatic heterocycles. The molecular formula is C36H39F3N4O6. The van der Waals surface area contributed by atoms with Crippen molar-refractivity contribution in [2.24, 2.45) is 0 Å². The van der Waals surface area contributed by atoms with Crippen LogP contribution in [0.4, 0.5) is 29.3 Å². The Balaban J connectivity index is 1.24. The second-order valence-corrected chi connectivity index (χ2v) is 12.6. The molecule has 4 aromatic rings. The number of hydrogen-bond acceptors (Lipinski definition) is 8. The number of carbonyl (C=O) groups excluding carboxylic acids is 2. The number of pyridine rings is 1. The van der Waals surface area contributed by atoms with E-state index in [-0.39, 0.29) is 23.8 Å². The van der Waals surface area contributed by atoms with Gasteiger partial charge in [0, 0.05) is 48.2 Å². The number of nitrogens with one attached hydrogen (secondary N) is 2. The number of anilines is 2. The minimum absolute atomic E-state index is 0.0192. The normalized spacial score (nSPS) is 13.9. The third-order valence-electron chi connectivity index (χ3n) is 7.84. The fourth-order valence-corrected chi connectivity index (χ4v) is 5.63. The highest BCUT2D eigenvalue weighted by atomic mass is 19.4. The number of hydrogen-bond donors (Lipinski definition) is 2. The Bertz CT molecular complexity index is 1820. The molecule has 1 fully saturated rings. The van der Waals surface area contributed by atoms with Gasteiger partial charge < -0.3 is 34.5 Å². The van der Waals surface area contributed by atoms with E-state index < -0.39 is 29.3 Å². The molecule has 5 rings (SSSR count). The van der Waals surface area contributed by atoms with Gasteiger partial charge >= 0.3 is 12.3 Å². The standard InChI is InChI=1S/C36H39F3N4O6/c1-35(2,3)49-34(45)42-23-12-15-43(16-13-23)29-10-9-24(19-27(29)36(37,38)39)41-33(44)18-22-7-6-8-25(17-22)48-30-11-14-40-28-21-32(47-5)31(46-4)20-26(28)30/h6-11,14,17,19-21,23H,12-13,15-16,18H2,1-5H3,(H,41,44)(H,42,45). The lowest BCUT2D eigenvalue weighted by Gasteiger charge is -2.35. The molecule has 2 amide bonds. The summed E-state index contributed by atoms with van der Waals surface area (Å²) in [5, 5.41) is 6.09. The zero-order chi connectivity index (χ0) is 35.3. The number of rotatable bonds is 9. The van der Waals surface area contributed by atoms with Crippen LogP contribution >= 0.6 is 0 Å². The fourth-order valence-electron chi connectivity index (χ4n) is 5.63. The molecule has 13 heteroatoms. The molecule has 0 spiro atoms. The van der Waals surface area contributed by atoms with Crippen LogP contribution < -0.4 is 29.7 Å². The summed E-state index contributed by atoms with van der Waals surface area (Å²) in [6, 6.07) is 15.7. The van der Waals surface area contributed by atoms with Crippen LogP contribution in [0.25, 0.3) is 10.9 Å². The number of alkyl halides is 3. The average Bonchev–Trinajstić information content (AvgIpc) is 3.03. The van der Waals surface area contributed by atoms with E-state index in [9.17, 15) is 22.8 Å². The first kappa shape index (κ1) is 35.1. The molecule has 2 heterocycles. The van der Waals surface area contributed by atoms with Crippen molar-refractivity contribution in [2.75, 3.05) is 37.5 Å². The number of methoxy groups -OCH3 is 2. The van der Waals surface area contributed by atoms with E-state index in [1.807, 2.05) is 0 Å². The summed E-state index contributed by atoms with van der Waals surface area (Å²) in [5.41, 5.74) is -0.215. The minimum atomic E-state index is -4.65. The van der Waals surface area contributed by atoms with Gasteiger partial charge in [-0.05, 0) is 81.6 Å². The smallest absolute Gasteiger partial charge is 0.418 e. The van der Waals surface area contributed by atoms with E-state index >= 15 is 0 Å². The summed E-state index contributed by atoms with van der Waals surface area (Å²) in [7, 11) is 3.07. The lowest BCUT2D eigenvalue weighted by atomic mass is 10.0. The SMILES string of the molecule is COc1cc2nccc(Oc3cccc(CC(=O)Nc4ccc(N5CCC(NC(=O)OC(C)(C)C)CC5)c(C(F)(F)F)c4)c3)c2cc1OC. The summed E-state index contributed by atoms with van der Waals surface area (Å²) in [6.45, 7) is 5.90. The monoisotopic (exact) mass is 680 g/mol. The second-order valence-electron chi connectivity index (χ2n) is 12.6. The quantitative estimate of drug-likeness (QED) is 0.185. The highest BCUT2D eigenvalue weighted by Crippen LogP contribution is 2.40. The van der Waals surface area contributed by atoms with E-state index in [4.69, 9.17) is 18.9 Å². The van der Waals surface area contributed by atoms with Crippen LogP contribution in [0.5, 0.6) is 23.0 Å². The van der Waals surface area contributed by atoms with Crippen molar-refractivity contribution in [3.63, 3.8) is 0 Å². The molecule has 0 aliphatic carbocycles. The summed E-state index contributed by atoms with van der Waals surface area (Å²) >= 11 is 0. The molecule has 49 heavy (non-hydrogen) atoms. The Kier molecular flexibility index (Phi) is 10.4. The number of piperidine rings is 1. The number of carbonyl (C=O) groups is 2. The first-order valence-corrected chi connectivity index (χ1v) is 15.8. The summed E-state index contributed by atoms with van der Waals surface area (Å²) in [5.74, 6) is 1.52. The van der Waals surface area contributed by atoms with Crippen molar-refractivity contribution in [2.45, 2.75) is 57.9 Å². The van der Waals surface area contributed by atoms with Gasteiger partial charge in [0.15, 0.2) is 11.5 Å². The van der Waals surface area contributed by atoms with Gasteiger partial charge in [-0.15, -0.1) is 0 Å². The van der Waals surface area contributed by atoms with Crippen LogP contribution in [0.15, 0.2) is 66.9 Å². The van der Waals surface area contributed by atoms with Gasteiger partial charge in [0.05, 0.1) is 31.7 Å². The molecule has 260 valence electrons. The predicted molar refractivity (Wildman–Crippen MR) is 180 cm³/mol. The van der Waals surface area contributed by atoms with Crippen LogP contribution in [0, 0.1) is 0 Å². The van der Waals surface area contributed by atoms with Crippen molar-refractivity contribution < 1.29 is 41.7 Å². The molecule has 0 atom stereocenters. The van der Waals surface area contributed by atoms with E-state index in [0.717, 1.165) is 6.07 Å². The first-order valence-electron chi connectivity index (χ1n) is 15.8. The molecule has 2 N–H and O–H groups in total. The number of fused-ring (bicyclic) bond motifs is 1. The number of aromatic nitrogens is 1. The van der Waals surface area contributed by atoms with Crippen molar-refractivity contribution in [1.82, 2.24) is 10.3 Å². The molecule has 0 saturated carbocycles. The third-order valence-corrected chi connectivity index (χ3v) is 7.84. The molecule has 0 radical (unpaired) electrons. The second kappa shape index (κ2) is 14.5. The summed E-state index contributed by atoms with van der Waals surface area (Å²) < 4.78 is 64.9. The van der Waals surface area contributed by atoms with Crippen LogP contribution in [0.2, 0.25) is 0 Å². The highest BCUT2D eigenvalue weighted by Gasteiger charge is 2.36. The van der Waals surface area contributed by atoms with Gasteiger partial charge in [0.1, 0.15) is 17.1 Å². The van der Waals surface area contributed by atoms with Gasteiger partial charge in [0.2, 0.25) is 5.91 Å². The van der Waals surface area contributed by atoms with Crippen LogP contribution in [0.1, 0.15) is 44.7 Å². The number of alkyl carbamates (subject to hydrolysis) is 1. The van der Waals surface area contributed by atoms with Gasteiger partial charge in [-0.3, -0.25) is 9.78 Å². The van der Waals surface area contributed by atoms with Crippen molar-refractivity contribution in [3.05, 3.63) is 78.0 Å². The van der Waals surface area contributed by atoms with E-state index in [2.05, 4.69) is 15.6 Å². The van der Waals surface area contributed by atoms with E-state index in [0.29, 0.717) is 65.4 Å². The van der Waals surface area contributed by atoms with Crippen molar-refractivity contribution >= 4 is 34.3 Å². The van der Waals surface area contributed by atoms with Gasteiger partial charge in [-0.25, -0.2) is 4.79 Å². The Labute approximate surface area is 282 Å². The maximum absolute atomic E-state index is 14.2. The van der Waals surface area contributed by atoms with Gasteiger partial charge in [-0.1, -0.05) is 12.1 Å². The van der Waals surface area contributed by atoms with Crippen molar-refractivity contribution in [1.29, 1.82) is 0 Å². The molecule has 0 unspecified atom stereocenters. The minimum Gasteiger partial charge on any atom is -0.493 e. The molecule has 3 aromatic carbocycles. The summed E-state index contributed by atoms with van der Waals surface area (Å²) in [4.78, 5) is 31.1. The van der Waals surface area contributed by atoms with Crippen LogP contribution in [0.3, 0.4) is 0 Å². The number of benzene rings is 3. The summed E-state index contributed by atoms with van der Waals surface area (Å²) in [6.07, 6.45) is -2.78. The molecule has 0 bridgehead atoms. The number of ether oxygens (including phenoxy) is 4. The van der Waals surface area contributed by atoms with Crippen molar-refractivity contribution in [3.8, 4) is 23.0 Å². The lowest BCUT2D eigenvalue weighted by Crippen LogP contribution is -2.46. The Morgan fingerprint density at radius 1 is 0.918 bits per heavy atom. The lowest BCUT2D eigenvalue weighted by molar-refractivity contribution is -0.137.